The van der Waals surface area contributed by atoms with Crippen molar-refractivity contribution in [1.82, 2.24) is 21.3 Å². The van der Waals surface area contributed by atoms with E-state index in [4.69, 9.17) is 4.42 Å². The molecule has 0 saturated carbocycles. The number of nitrogens with one attached hydrogen (secondary N) is 4. The number of imide groups is 2. The Balaban J connectivity index is 1.64. The van der Waals surface area contributed by atoms with E-state index in [0.29, 0.717) is 24.2 Å². The molecule has 2 saturated heterocycles. The molecule has 9 heteroatoms. The fourth-order valence-corrected chi connectivity index (χ4v) is 3.92. The molecule has 2 aromatic rings. The van der Waals surface area contributed by atoms with Crippen LogP contribution in [0.2, 0.25) is 0 Å². The second kappa shape index (κ2) is 4.38. The molecule has 3 aliphatic rings. The summed E-state index contributed by atoms with van der Waals surface area (Å²) in [5.74, 6) is -0.506. The van der Waals surface area contributed by atoms with E-state index in [2.05, 4.69) is 21.3 Å². The van der Waals surface area contributed by atoms with Crippen LogP contribution in [0.5, 0.6) is 0 Å². The number of hydrogen-bond donors (Lipinski definition) is 4. The molecule has 0 radical (unpaired) electrons. The second-order valence-corrected chi connectivity index (χ2v) is 6.36. The van der Waals surface area contributed by atoms with Gasteiger partial charge in [0.15, 0.2) is 6.04 Å². The minimum atomic E-state index is -1.04. The quantitative estimate of drug-likeness (QED) is 0.555. The van der Waals surface area contributed by atoms with Gasteiger partial charge in [-0.15, -0.1) is 0 Å². The van der Waals surface area contributed by atoms with E-state index < -0.39 is 29.6 Å². The van der Waals surface area contributed by atoms with Crippen LogP contribution in [0.4, 0.5) is 9.59 Å². The van der Waals surface area contributed by atoms with Crippen molar-refractivity contribution in [3.63, 3.8) is 0 Å². The summed E-state index contributed by atoms with van der Waals surface area (Å²) in [4.78, 5) is 47.0. The van der Waals surface area contributed by atoms with Crippen LogP contribution in [0, 0.1) is 0 Å². The zero-order valence-electron chi connectivity index (χ0n) is 12.8. The monoisotopic (exact) mass is 340 g/mol. The summed E-state index contributed by atoms with van der Waals surface area (Å²) in [6.07, 6.45) is 1.04. The zero-order valence-corrected chi connectivity index (χ0v) is 12.8. The third kappa shape index (κ3) is 1.72. The number of benzene rings is 1. The van der Waals surface area contributed by atoms with Gasteiger partial charge in [0.25, 0.3) is 11.8 Å². The number of fused-ring (bicyclic) bond motifs is 4. The number of hydrogen-bond acceptors (Lipinski definition) is 5. The molecule has 2 fully saturated rings. The number of rotatable bonds is 1. The number of urea groups is 2. The lowest BCUT2D eigenvalue weighted by molar-refractivity contribution is -0.124. The summed E-state index contributed by atoms with van der Waals surface area (Å²) in [5, 5.41) is 10.4. The predicted octanol–water partition coefficient (Wildman–Crippen LogP) is 0.294. The summed E-state index contributed by atoms with van der Waals surface area (Å²) in [5.41, 5.74) is 1.14. The second-order valence-electron chi connectivity index (χ2n) is 6.36. The Kier molecular flexibility index (Phi) is 2.46. The molecule has 3 heterocycles. The maximum atomic E-state index is 12.3. The maximum absolute atomic E-state index is 12.3. The third-order valence-electron chi connectivity index (χ3n) is 5.04. The van der Waals surface area contributed by atoms with E-state index in [1.165, 1.54) is 0 Å². The molecular formula is C16H12N4O5. The molecule has 126 valence electrons. The molecule has 1 aromatic carbocycles. The minimum absolute atomic E-state index is 0.326. The number of furan rings is 1. The van der Waals surface area contributed by atoms with E-state index in [-0.39, 0.29) is 5.91 Å². The topological polar surface area (TPSA) is 130 Å². The Morgan fingerprint density at radius 3 is 2.60 bits per heavy atom. The van der Waals surface area contributed by atoms with Crippen molar-refractivity contribution in [2.24, 2.45) is 0 Å². The average molecular weight is 340 g/mol. The van der Waals surface area contributed by atoms with Gasteiger partial charge in [-0.05, 0) is 36.1 Å². The van der Waals surface area contributed by atoms with Crippen molar-refractivity contribution in [1.29, 1.82) is 0 Å². The first-order valence-corrected chi connectivity index (χ1v) is 7.79. The molecule has 25 heavy (non-hydrogen) atoms. The van der Waals surface area contributed by atoms with Crippen molar-refractivity contribution in [2.75, 3.05) is 0 Å². The fourth-order valence-electron chi connectivity index (χ4n) is 3.92. The van der Waals surface area contributed by atoms with Crippen molar-refractivity contribution in [3.05, 3.63) is 35.1 Å². The maximum Gasteiger partial charge on any atom is 0.322 e. The van der Waals surface area contributed by atoms with Gasteiger partial charge in [0.1, 0.15) is 16.9 Å². The van der Waals surface area contributed by atoms with Gasteiger partial charge in [0, 0.05) is 5.39 Å². The minimum Gasteiger partial charge on any atom is -0.458 e. The third-order valence-corrected chi connectivity index (χ3v) is 5.04. The molecule has 1 spiro atoms. The van der Waals surface area contributed by atoms with Crippen LogP contribution in [-0.2, 0) is 21.5 Å². The first kappa shape index (κ1) is 14.0. The summed E-state index contributed by atoms with van der Waals surface area (Å²) in [6.45, 7) is 0. The highest BCUT2D eigenvalue weighted by Crippen LogP contribution is 2.43. The van der Waals surface area contributed by atoms with Crippen LogP contribution in [-0.4, -0.2) is 23.9 Å². The first-order valence-electron chi connectivity index (χ1n) is 7.79. The normalized spacial score (nSPS) is 27.4. The van der Waals surface area contributed by atoms with Gasteiger partial charge >= 0.3 is 12.1 Å². The van der Waals surface area contributed by atoms with Gasteiger partial charge in [-0.2, -0.15) is 0 Å². The van der Waals surface area contributed by atoms with Gasteiger partial charge in [0.05, 0.1) is 0 Å². The number of aryl methyl sites for hydroxylation is 1. The molecular weight excluding hydrogens is 328 g/mol. The van der Waals surface area contributed by atoms with Crippen molar-refractivity contribution < 1.29 is 23.6 Å². The largest absolute Gasteiger partial charge is 0.458 e. The Morgan fingerprint density at radius 2 is 1.92 bits per heavy atom. The van der Waals surface area contributed by atoms with E-state index in [1.807, 2.05) is 0 Å². The predicted molar refractivity (Wildman–Crippen MR) is 82.3 cm³/mol. The Hall–Kier alpha value is -3.36. The van der Waals surface area contributed by atoms with E-state index in [0.717, 1.165) is 16.5 Å². The Labute approximate surface area is 140 Å². The number of carbonyl (C=O) groups excluding carboxylic acids is 4. The van der Waals surface area contributed by atoms with Crippen LogP contribution in [0.3, 0.4) is 0 Å². The highest BCUT2D eigenvalue weighted by Gasteiger charge is 2.52. The molecule has 0 bridgehead atoms. The standard InChI is InChI=1S/C16H12N4O5/c21-12-11(17-14(23)18-12)10-5-7-6-3-4-16(13(22)19-15(24)20-16)8(6)1-2-9(7)25-10/h1-2,5,11H,3-4H2,(H2,17,18,21,23)(H2,19,20,22,24). The van der Waals surface area contributed by atoms with Crippen LogP contribution in [0.15, 0.2) is 22.6 Å². The average Bonchev–Trinajstić information content (AvgIpc) is 3.27. The molecule has 2 aliphatic heterocycles. The van der Waals surface area contributed by atoms with Crippen molar-refractivity contribution >= 4 is 34.8 Å². The van der Waals surface area contributed by atoms with Crippen LogP contribution in [0.25, 0.3) is 11.0 Å². The molecule has 1 aromatic heterocycles. The first-order chi connectivity index (χ1) is 12.0. The zero-order chi connectivity index (χ0) is 17.3. The van der Waals surface area contributed by atoms with Gasteiger partial charge in [-0.3, -0.25) is 20.2 Å². The van der Waals surface area contributed by atoms with E-state index in [1.54, 1.807) is 18.2 Å². The van der Waals surface area contributed by atoms with Crippen LogP contribution >= 0.6 is 0 Å². The fraction of sp³-hybridized carbons (Fsp3) is 0.250. The smallest absolute Gasteiger partial charge is 0.322 e. The number of carbonyl (C=O) groups is 4. The summed E-state index contributed by atoms with van der Waals surface area (Å²) < 4.78 is 5.73. The molecule has 6 amide bonds. The Morgan fingerprint density at radius 1 is 1.08 bits per heavy atom. The molecule has 2 unspecified atom stereocenters. The van der Waals surface area contributed by atoms with E-state index in [9.17, 15) is 19.2 Å². The molecule has 4 N–H and O–H groups in total. The van der Waals surface area contributed by atoms with Gasteiger partial charge < -0.3 is 15.1 Å². The van der Waals surface area contributed by atoms with Gasteiger partial charge in [-0.1, -0.05) is 6.07 Å². The van der Waals surface area contributed by atoms with E-state index >= 15 is 0 Å². The van der Waals surface area contributed by atoms with Crippen molar-refractivity contribution in [2.45, 2.75) is 24.4 Å². The molecule has 5 rings (SSSR count). The van der Waals surface area contributed by atoms with Crippen LogP contribution in [0.1, 0.15) is 29.3 Å². The summed E-state index contributed by atoms with van der Waals surface area (Å²) >= 11 is 0. The van der Waals surface area contributed by atoms with Gasteiger partial charge in [-0.25, -0.2) is 9.59 Å². The van der Waals surface area contributed by atoms with Gasteiger partial charge in [0.2, 0.25) is 0 Å². The molecule has 1 aliphatic carbocycles. The highest BCUT2D eigenvalue weighted by atomic mass is 16.3. The molecule has 2 atom stereocenters. The van der Waals surface area contributed by atoms with Crippen LogP contribution < -0.4 is 21.3 Å². The number of amides is 6. The lowest BCUT2D eigenvalue weighted by Crippen LogP contribution is -2.41. The lowest BCUT2D eigenvalue weighted by Gasteiger charge is -2.20. The SMILES string of the molecule is O=C1NC(=O)C(c2cc3c4c(ccc3o2)C2(CC4)NC(=O)NC2=O)N1. The highest BCUT2D eigenvalue weighted by molar-refractivity contribution is 6.09. The summed E-state index contributed by atoms with van der Waals surface area (Å²) in [6, 6.07) is 3.23. The van der Waals surface area contributed by atoms with Crippen molar-refractivity contribution in [3.8, 4) is 0 Å². The Bertz CT molecular complexity index is 1010. The lowest BCUT2D eigenvalue weighted by atomic mass is 9.91. The molecule has 9 nitrogen and oxygen atoms in total. The summed E-state index contributed by atoms with van der Waals surface area (Å²) in [7, 11) is 0.